The molecular formula is C32H39NO4Si. The van der Waals surface area contributed by atoms with E-state index in [-0.39, 0.29) is 35.7 Å². The Morgan fingerprint density at radius 2 is 1.55 bits per heavy atom. The number of carbonyl (C=O) groups excluding carboxylic acids is 2. The highest BCUT2D eigenvalue weighted by Gasteiger charge is 2.39. The standard InChI is InChI=1S/C32H39NO4Si/c1-32(2,3)38(6,7)37-28(22-13-9-8-10-14-22)21-23-17-19-27-31(24-15-11-12-16-26(24)36-27)30(23)25(34)18-20-29(35)33(4)5/h8-17,19,28H,18,20-21H2,1-7H3. The van der Waals surface area contributed by atoms with Crippen LogP contribution < -0.4 is 0 Å². The lowest BCUT2D eigenvalue weighted by Crippen LogP contribution is -2.42. The summed E-state index contributed by atoms with van der Waals surface area (Å²) in [5.41, 5.74) is 4.07. The Morgan fingerprint density at radius 3 is 2.21 bits per heavy atom. The average Bonchev–Trinajstić information content (AvgIpc) is 3.25. The van der Waals surface area contributed by atoms with Gasteiger partial charge in [0.2, 0.25) is 5.91 Å². The lowest BCUT2D eigenvalue weighted by Gasteiger charge is -2.39. The number of para-hydroxylation sites is 1. The van der Waals surface area contributed by atoms with Gasteiger partial charge in [0.1, 0.15) is 11.2 Å². The maximum Gasteiger partial charge on any atom is 0.222 e. The number of rotatable bonds is 9. The van der Waals surface area contributed by atoms with E-state index in [0.29, 0.717) is 17.6 Å². The molecule has 0 aliphatic heterocycles. The number of amides is 1. The molecule has 1 aromatic heterocycles. The summed E-state index contributed by atoms with van der Waals surface area (Å²) in [7, 11) is 1.30. The van der Waals surface area contributed by atoms with Gasteiger partial charge in [-0.1, -0.05) is 75.4 Å². The van der Waals surface area contributed by atoms with E-state index < -0.39 is 8.32 Å². The van der Waals surface area contributed by atoms with Crippen molar-refractivity contribution in [2.75, 3.05) is 14.1 Å². The fourth-order valence-corrected chi connectivity index (χ4v) is 5.83. The summed E-state index contributed by atoms with van der Waals surface area (Å²) >= 11 is 0. The number of ketones is 1. The monoisotopic (exact) mass is 529 g/mol. The first-order valence-corrected chi connectivity index (χ1v) is 16.2. The Kier molecular flexibility index (Phi) is 7.95. The molecule has 0 saturated heterocycles. The Balaban J connectivity index is 1.84. The molecule has 0 spiro atoms. The number of benzene rings is 3. The number of hydrogen-bond acceptors (Lipinski definition) is 4. The second kappa shape index (κ2) is 10.9. The zero-order valence-electron chi connectivity index (χ0n) is 23.6. The van der Waals surface area contributed by atoms with Crippen LogP contribution in [0.1, 0.15) is 61.2 Å². The quantitative estimate of drug-likeness (QED) is 0.163. The summed E-state index contributed by atoms with van der Waals surface area (Å²) in [5.74, 6) is -0.112. The first-order chi connectivity index (χ1) is 17.9. The van der Waals surface area contributed by atoms with E-state index in [1.54, 1.807) is 14.1 Å². The van der Waals surface area contributed by atoms with Gasteiger partial charge < -0.3 is 13.7 Å². The molecule has 0 saturated carbocycles. The van der Waals surface area contributed by atoms with E-state index in [2.05, 4.69) is 46.0 Å². The molecule has 0 aliphatic carbocycles. The van der Waals surface area contributed by atoms with E-state index in [1.807, 2.05) is 54.6 Å². The number of furan rings is 1. The topological polar surface area (TPSA) is 59.8 Å². The SMILES string of the molecule is CN(C)C(=O)CCC(=O)c1c(CC(O[Si](C)(C)C(C)(C)C)c2ccccc2)ccc2oc3ccccc3c12. The average molecular weight is 530 g/mol. The molecular weight excluding hydrogens is 490 g/mol. The highest BCUT2D eigenvalue weighted by molar-refractivity contribution is 6.74. The molecule has 0 radical (unpaired) electrons. The number of carbonyl (C=O) groups is 2. The van der Waals surface area contributed by atoms with Crippen molar-refractivity contribution >= 4 is 41.9 Å². The summed E-state index contributed by atoms with van der Waals surface area (Å²) in [6, 6.07) is 22.0. The Hall–Kier alpha value is -3.22. The predicted molar refractivity (Wildman–Crippen MR) is 157 cm³/mol. The van der Waals surface area contributed by atoms with E-state index in [9.17, 15) is 9.59 Å². The summed E-state index contributed by atoms with van der Waals surface area (Å²) in [6.45, 7) is 11.2. The molecule has 0 aliphatic rings. The lowest BCUT2D eigenvalue weighted by atomic mass is 9.90. The summed E-state index contributed by atoms with van der Waals surface area (Å²) in [6.07, 6.45) is 0.652. The summed E-state index contributed by atoms with van der Waals surface area (Å²) in [5, 5.41) is 1.77. The maximum atomic E-state index is 13.9. The number of nitrogens with zero attached hydrogens (tertiary/aromatic N) is 1. The fraction of sp³-hybridized carbons (Fsp3) is 0.375. The first kappa shape index (κ1) is 27.8. The van der Waals surface area contributed by atoms with Gasteiger partial charge in [-0.2, -0.15) is 0 Å². The van der Waals surface area contributed by atoms with Gasteiger partial charge in [0, 0.05) is 49.7 Å². The molecule has 0 fully saturated rings. The molecule has 0 N–H and O–H groups in total. The van der Waals surface area contributed by atoms with Crippen molar-refractivity contribution < 1.29 is 18.4 Å². The van der Waals surface area contributed by atoms with Crippen molar-refractivity contribution in [3.05, 3.63) is 83.4 Å². The van der Waals surface area contributed by atoms with E-state index >= 15 is 0 Å². The second-order valence-electron chi connectivity index (χ2n) is 11.8. The molecule has 1 heterocycles. The van der Waals surface area contributed by atoms with Gasteiger partial charge in [-0.25, -0.2) is 0 Å². The minimum Gasteiger partial charge on any atom is -0.456 e. The third-order valence-corrected chi connectivity index (χ3v) is 12.3. The van der Waals surface area contributed by atoms with Crippen LogP contribution in [0.2, 0.25) is 18.1 Å². The summed E-state index contributed by atoms with van der Waals surface area (Å²) < 4.78 is 13.1. The molecule has 200 valence electrons. The molecule has 1 atom stereocenters. The summed E-state index contributed by atoms with van der Waals surface area (Å²) in [4.78, 5) is 27.7. The number of fused-ring (bicyclic) bond motifs is 3. The third kappa shape index (κ3) is 5.76. The van der Waals surface area contributed by atoms with Crippen molar-refractivity contribution in [1.29, 1.82) is 0 Å². The van der Waals surface area contributed by atoms with Gasteiger partial charge in [-0.3, -0.25) is 9.59 Å². The number of Topliss-reactive ketones (excluding diaryl/α,β-unsaturated/α-hetero) is 1. The fourth-order valence-electron chi connectivity index (χ4n) is 4.54. The van der Waals surface area contributed by atoms with Crippen LogP contribution in [0, 0.1) is 0 Å². The lowest BCUT2D eigenvalue weighted by molar-refractivity contribution is -0.128. The largest absolute Gasteiger partial charge is 0.456 e. The van der Waals surface area contributed by atoms with Crippen molar-refractivity contribution in [2.45, 2.75) is 64.3 Å². The minimum atomic E-state index is -2.13. The molecule has 4 rings (SSSR count). The smallest absolute Gasteiger partial charge is 0.222 e. The molecule has 38 heavy (non-hydrogen) atoms. The van der Waals surface area contributed by atoms with Crippen molar-refractivity contribution in [3.63, 3.8) is 0 Å². The van der Waals surface area contributed by atoms with Crippen molar-refractivity contribution in [3.8, 4) is 0 Å². The van der Waals surface area contributed by atoms with Gasteiger partial charge in [0.05, 0.1) is 6.10 Å². The van der Waals surface area contributed by atoms with E-state index in [1.165, 1.54) is 4.90 Å². The van der Waals surface area contributed by atoms with Crippen LogP contribution in [0.5, 0.6) is 0 Å². The minimum absolute atomic E-state index is 0.0376. The normalized spacial score (nSPS) is 13.1. The first-order valence-electron chi connectivity index (χ1n) is 13.3. The van der Waals surface area contributed by atoms with E-state index in [4.69, 9.17) is 8.84 Å². The zero-order chi connectivity index (χ0) is 27.7. The Morgan fingerprint density at radius 1 is 0.895 bits per heavy atom. The van der Waals surface area contributed by atoms with Crippen molar-refractivity contribution in [2.24, 2.45) is 0 Å². The Labute approximate surface area is 226 Å². The highest BCUT2D eigenvalue weighted by Crippen LogP contribution is 2.42. The molecule has 6 heteroatoms. The van der Waals surface area contributed by atoms with Crippen LogP contribution in [0.4, 0.5) is 0 Å². The second-order valence-corrected chi connectivity index (χ2v) is 16.5. The molecule has 1 unspecified atom stereocenters. The Bertz CT molecular complexity index is 1450. The number of hydrogen-bond donors (Lipinski definition) is 0. The predicted octanol–water partition coefficient (Wildman–Crippen LogP) is 7.94. The van der Waals surface area contributed by atoms with Gasteiger partial charge in [0.25, 0.3) is 0 Å². The molecule has 5 nitrogen and oxygen atoms in total. The molecule has 3 aromatic carbocycles. The zero-order valence-corrected chi connectivity index (χ0v) is 24.6. The van der Waals surface area contributed by atoms with Crippen LogP contribution in [0.25, 0.3) is 21.9 Å². The van der Waals surface area contributed by atoms with E-state index in [0.717, 1.165) is 27.5 Å². The van der Waals surface area contributed by atoms with Crippen LogP contribution in [-0.4, -0.2) is 39.0 Å². The van der Waals surface area contributed by atoms with Crippen LogP contribution >= 0.6 is 0 Å². The van der Waals surface area contributed by atoms with Crippen LogP contribution in [-0.2, 0) is 15.6 Å². The van der Waals surface area contributed by atoms with Gasteiger partial charge in [-0.05, 0) is 41.4 Å². The van der Waals surface area contributed by atoms with Gasteiger partial charge in [0.15, 0.2) is 14.1 Å². The van der Waals surface area contributed by atoms with Crippen LogP contribution in [0.15, 0.2) is 71.1 Å². The third-order valence-electron chi connectivity index (χ3n) is 7.79. The van der Waals surface area contributed by atoms with Crippen molar-refractivity contribution in [1.82, 2.24) is 4.90 Å². The van der Waals surface area contributed by atoms with Gasteiger partial charge >= 0.3 is 0 Å². The van der Waals surface area contributed by atoms with Gasteiger partial charge in [-0.15, -0.1) is 0 Å². The highest BCUT2D eigenvalue weighted by atomic mass is 28.4. The van der Waals surface area contributed by atoms with Crippen LogP contribution in [0.3, 0.4) is 0 Å². The molecule has 1 amide bonds. The maximum absolute atomic E-state index is 13.9. The molecule has 4 aromatic rings. The molecule has 0 bridgehead atoms.